The molecule has 1 saturated heterocycles. The molecule has 2 aromatic carbocycles. The first-order valence-corrected chi connectivity index (χ1v) is 11.4. The van der Waals surface area contributed by atoms with E-state index in [1.54, 1.807) is 11.3 Å². The Morgan fingerprint density at radius 3 is 2.60 bits per heavy atom. The molecule has 3 N–H and O–H groups in total. The van der Waals surface area contributed by atoms with Gasteiger partial charge >= 0.3 is 0 Å². The Hall–Kier alpha value is -2.64. The van der Waals surface area contributed by atoms with Crippen molar-refractivity contribution in [2.45, 2.75) is 25.4 Å². The van der Waals surface area contributed by atoms with Gasteiger partial charge in [0.05, 0.1) is 10.2 Å². The molecule has 0 spiro atoms. The van der Waals surface area contributed by atoms with E-state index in [4.69, 9.17) is 0 Å². The lowest BCUT2D eigenvalue weighted by Gasteiger charge is -2.33. The highest BCUT2D eigenvalue weighted by Gasteiger charge is 2.19. The number of nitrogens with zero attached hydrogens (tertiary/aromatic N) is 3. The number of rotatable bonds is 7. The number of anilines is 1. The second-order valence-electron chi connectivity index (χ2n) is 7.59. The summed E-state index contributed by atoms with van der Waals surface area (Å²) in [6, 6.07) is 19.4. The number of nitrogens with one attached hydrogen (secondary N) is 3. The van der Waals surface area contributed by atoms with E-state index >= 15 is 0 Å². The summed E-state index contributed by atoms with van der Waals surface area (Å²) in [7, 11) is 1.83. The number of piperidine rings is 1. The molecule has 30 heavy (non-hydrogen) atoms. The third-order valence-corrected chi connectivity index (χ3v) is 6.38. The molecule has 7 heteroatoms. The van der Waals surface area contributed by atoms with Gasteiger partial charge in [0.15, 0.2) is 11.1 Å². The van der Waals surface area contributed by atoms with Crippen LogP contribution in [0.15, 0.2) is 59.6 Å². The van der Waals surface area contributed by atoms with Crippen LogP contribution in [-0.2, 0) is 6.54 Å². The quantitative estimate of drug-likeness (QED) is 0.309. The number of hydrogen-bond donors (Lipinski definition) is 3. The van der Waals surface area contributed by atoms with Gasteiger partial charge in [-0.05, 0) is 30.5 Å². The highest BCUT2D eigenvalue weighted by molar-refractivity contribution is 7.22. The third kappa shape index (κ3) is 5.70. The first-order valence-electron chi connectivity index (χ1n) is 10.6. The number of benzene rings is 2. The Labute approximate surface area is 182 Å². The maximum Gasteiger partial charge on any atom is 0.191 e. The number of thiazole rings is 1. The number of likely N-dealkylation sites (tertiary alicyclic amines) is 1. The van der Waals surface area contributed by atoms with Crippen LogP contribution in [0, 0.1) is 0 Å². The third-order valence-electron chi connectivity index (χ3n) is 5.39. The lowest BCUT2D eigenvalue weighted by atomic mass is 10.0. The zero-order valence-electron chi connectivity index (χ0n) is 17.5. The molecular formula is C23H30N6S. The molecule has 0 amide bonds. The molecule has 1 fully saturated rings. The number of aromatic nitrogens is 1. The molecule has 1 aliphatic heterocycles. The van der Waals surface area contributed by atoms with Gasteiger partial charge in [-0.1, -0.05) is 53.8 Å². The lowest BCUT2D eigenvalue weighted by molar-refractivity contribution is 0.198. The van der Waals surface area contributed by atoms with Crippen molar-refractivity contribution < 1.29 is 0 Å². The Morgan fingerprint density at radius 1 is 1.07 bits per heavy atom. The summed E-state index contributed by atoms with van der Waals surface area (Å²) in [5.74, 6) is 0.877. The number of fused-ring (bicyclic) bond motifs is 1. The topological polar surface area (TPSA) is 64.6 Å². The molecule has 4 rings (SSSR count). The molecule has 158 valence electrons. The highest BCUT2D eigenvalue weighted by atomic mass is 32.1. The van der Waals surface area contributed by atoms with Crippen LogP contribution in [-0.4, -0.2) is 55.1 Å². The average molecular weight is 423 g/mol. The van der Waals surface area contributed by atoms with Gasteiger partial charge in [-0.2, -0.15) is 0 Å². The number of guanidine groups is 1. The van der Waals surface area contributed by atoms with Gasteiger partial charge < -0.3 is 16.0 Å². The van der Waals surface area contributed by atoms with Crippen molar-refractivity contribution in [1.29, 1.82) is 0 Å². The fourth-order valence-electron chi connectivity index (χ4n) is 3.76. The first-order chi connectivity index (χ1) is 14.8. The monoisotopic (exact) mass is 422 g/mol. The van der Waals surface area contributed by atoms with Gasteiger partial charge in [-0.15, -0.1) is 0 Å². The minimum Gasteiger partial charge on any atom is -0.360 e. The van der Waals surface area contributed by atoms with E-state index in [2.05, 4.69) is 67.2 Å². The summed E-state index contributed by atoms with van der Waals surface area (Å²) in [6.45, 7) is 4.86. The molecule has 1 aromatic heterocycles. The van der Waals surface area contributed by atoms with Crippen LogP contribution >= 0.6 is 11.3 Å². The molecule has 6 nitrogen and oxygen atoms in total. The Balaban J connectivity index is 1.15. The van der Waals surface area contributed by atoms with Gasteiger partial charge in [0.1, 0.15) is 0 Å². The summed E-state index contributed by atoms with van der Waals surface area (Å²) in [4.78, 5) is 11.5. The van der Waals surface area contributed by atoms with Gasteiger partial charge in [-0.25, -0.2) is 4.98 Å². The maximum atomic E-state index is 4.61. The Kier molecular flexibility index (Phi) is 7.16. The van der Waals surface area contributed by atoms with Gasteiger partial charge in [0.2, 0.25) is 0 Å². The minimum absolute atomic E-state index is 0.473. The summed E-state index contributed by atoms with van der Waals surface area (Å²) in [5.41, 5.74) is 2.44. The normalized spacial score (nSPS) is 16.0. The molecule has 0 unspecified atom stereocenters. The van der Waals surface area contributed by atoms with Crippen LogP contribution in [0.1, 0.15) is 18.4 Å². The van der Waals surface area contributed by atoms with Crippen LogP contribution in [0.3, 0.4) is 0 Å². The molecular weight excluding hydrogens is 392 g/mol. The largest absolute Gasteiger partial charge is 0.360 e. The summed E-state index contributed by atoms with van der Waals surface area (Å²) >= 11 is 1.69. The number of para-hydroxylation sites is 1. The van der Waals surface area contributed by atoms with E-state index in [1.807, 2.05) is 25.2 Å². The number of aliphatic imine (C=N–C) groups is 1. The van der Waals surface area contributed by atoms with Crippen LogP contribution in [0.4, 0.5) is 5.13 Å². The fourth-order valence-corrected chi connectivity index (χ4v) is 4.65. The van der Waals surface area contributed by atoms with Gasteiger partial charge in [0.25, 0.3) is 0 Å². The van der Waals surface area contributed by atoms with Crippen molar-refractivity contribution in [1.82, 2.24) is 20.5 Å². The predicted octanol–water partition coefficient (Wildman–Crippen LogP) is 3.54. The van der Waals surface area contributed by atoms with Crippen LogP contribution in [0.25, 0.3) is 10.2 Å². The van der Waals surface area contributed by atoms with E-state index in [0.717, 1.165) is 62.2 Å². The SMILES string of the molecule is CN=C(NCCNc1nc2ccccc2s1)NC1CCN(Cc2ccccc2)CC1. The molecule has 0 saturated carbocycles. The van der Waals surface area contributed by atoms with E-state index < -0.39 is 0 Å². The second kappa shape index (κ2) is 10.4. The Morgan fingerprint density at radius 2 is 1.83 bits per heavy atom. The van der Waals surface area contributed by atoms with Crippen molar-refractivity contribution in [3.05, 3.63) is 60.2 Å². The molecule has 3 aromatic rings. The van der Waals surface area contributed by atoms with Gasteiger partial charge in [0, 0.05) is 45.8 Å². The summed E-state index contributed by atoms with van der Waals surface area (Å²) < 4.78 is 1.21. The second-order valence-corrected chi connectivity index (χ2v) is 8.62. The first kappa shape index (κ1) is 20.6. The van der Waals surface area contributed by atoms with E-state index in [0.29, 0.717) is 6.04 Å². The zero-order chi connectivity index (χ0) is 20.6. The molecule has 0 radical (unpaired) electrons. The van der Waals surface area contributed by atoms with Crippen molar-refractivity contribution >= 4 is 32.6 Å². The van der Waals surface area contributed by atoms with E-state index in [1.165, 1.54) is 10.3 Å². The van der Waals surface area contributed by atoms with Crippen LogP contribution in [0.5, 0.6) is 0 Å². The van der Waals surface area contributed by atoms with Crippen molar-refractivity contribution in [3.63, 3.8) is 0 Å². The zero-order valence-corrected chi connectivity index (χ0v) is 18.3. The minimum atomic E-state index is 0.473. The molecule has 0 aliphatic carbocycles. The molecule has 2 heterocycles. The van der Waals surface area contributed by atoms with E-state index in [9.17, 15) is 0 Å². The summed E-state index contributed by atoms with van der Waals surface area (Å²) in [5, 5.41) is 11.4. The number of hydrogen-bond acceptors (Lipinski definition) is 5. The van der Waals surface area contributed by atoms with Gasteiger partial charge in [-0.3, -0.25) is 9.89 Å². The molecule has 0 bridgehead atoms. The smallest absolute Gasteiger partial charge is 0.191 e. The predicted molar refractivity (Wildman–Crippen MR) is 127 cm³/mol. The van der Waals surface area contributed by atoms with E-state index in [-0.39, 0.29) is 0 Å². The van der Waals surface area contributed by atoms with Crippen molar-refractivity contribution in [2.75, 3.05) is 38.5 Å². The Bertz CT molecular complexity index is 913. The van der Waals surface area contributed by atoms with Crippen molar-refractivity contribution in [2.24, 2.45) is 4.99 Å². The molecule has 1 aliphatic rings. The highest BCUT2D eigenvalue weighted by Crippen LogP contribution is 2.24. The fraction of sp³-hybridized carbons (Fsp3) is 0.391. The summed E-state index contributed by atoms with van der Waals surface area (Å²) in [6.07, 6.45) is 2.27. The average Bonchev–Trinajstić information content (AvgIpc) is 3.21. The maximum absolute atomic E-state index is 4.61. The van der Waals surface area contributed by atoms with Crippen molar-refractivity contribution in [3.8, 4) is 0 Å². The van der Waals surface area contributed by atoms with Crippen LogP contribution in [0.2, 0.25) is 0 Å². The van der Waals surface area contributed by atoms with Crippen LogP contribution < -0.4 is 16.0 Å². The standard InChI is InChI=1S/C23H30N6S/c1-24-22(25-13-14-26-23-28-20-9-5-6-10-21(20)30-23)27-19-11-15-29(16-12-19)17-18-7-3-2-4-8-18/h2-10,19H,11-17H2,1H3,(H,26,28)(H2,24,25,27). The lowest BCUT2D eigenvalue weighted by Crippen LogP contribution is -2.49. The molecule has 0 atom stereocenters.